The highest BCUT2D eigenvalue weighted by molar-refractivity contribution is 7.92. The van der Waals surface area contributed by atoms with Gasteiger partial charge in [0.2, 0.25) is 11.8 Å². The van der Waals surface area contributed by atoms with E-state index in [0.717, 1.165) is 42.4 Å². The van der Waals surface area contributed by atoms with Gasteiger partial charge in [0.05, 0.1) is 10.6 Å². The van der Waals surface area contributed by atoms with Crippen LogP contribution in [0.15, 0.2) is 114 Å². The van der Waals surface area contributed by atoms with Gasteiger partial charge in [-0.1, -0.05) is 110 Å². The molecule has 0 spiro atoms. The van der Waals surface area contributed by atoms with Crippen molar-refractivity contribution in [2.75, 3.05) is 10.8 Å². The number of halogens is 1. The number of amides is 2. The van der Waals surface area contributed by atoms with E-state index in [9.17, 15) is 18.0 Å². The van der Waals surface area contributed by atoms with E-state index in [2.05, 4.69) is 5.32 Å². The predicted molar refractivity (Wildman–Crippen MR) is 183 cm³/mol. The Bertz CT molecular complexity index is 1710. The van der Waals surface area contributed by atoms with Crippen LogP contribution in [0.4, 0.5) is 5.69 Å². The van der Waals surface area contributed by atoms with Crippen LogP contribution in [0.1, 0.15) is 49.3 Å². The molecule has 1 saturated carbocycles. The average Bonchev–Trinajstić information content (AvgIpc) is 3.59. The largest absolute Gasteiger partial charge is 0.352 e. The standard InChI is InChI=1S/C37H40ClN3O4S/c1-2-30-15-9-12-20-34(30)41(46(44,45)33-18-7-4-8-19-33)27-36(42)40(26-29-21-23-31(38)24-22-29)35(25-28-13-5-3-6-14-28)37(43)39-32-16-10-11-17-32/h3-9,12-15,18-24,32,35H,2,10-11,16-17,25-27H2,1H3,(H,39,43)/t35-/m0/s1. The zero-order valence-corrected chi connectivity index (χ0v) is 27.6. The minimum Gasteiger partial charge on any atom is -0.352 e. The molecule has 1 aliphatic carbocycles. The van der Waals surface area contributed by atoms with Crippen LogP contribution in [0.25, 0.3) is 0 Å². The zero-order chi connectivity index (χ0) is 32.5. The molecule has 2 amide bonds. The first-order valence-corrected chi connectivity index (χ1v) is 17.6. The molecule has 0 radical (unpaired) electrons. The molecule has 9 heteroatoms. The maximum Gasteiger partial charge on any atom is 0.264 e. The van der Waals surface area contributed by atoms with E-state index >= 15 is 0 Å². The van der Waals surface area contributed by atoms with Gasteiger partial charge in [-0.3, -0.25) is 13.9 Å². The molecule has 1 atom stereocenters. The lowest BCUT2D eigenvalue weighted by Crippen LogP contribution is -2.54. The Kier molecular flexibility index (Phi) is 11.1. The number of nitrogens with one attached hydrogen (secondary N) is 1. The molecule has 46 heavy (non-hydrogen) atoms. The number of hydrogen-bond acceptors (Lipinski definition) is 4. The van der Waals surface area contributed by atoms with Gasteiger partial charge < -0.3 is 10.2 Å². The summed E-state index contributed by atoms with van der Waals surface area (Å²) in [6.45, 7) is 1.56. The summed E-state index contributed by atoms with van der Waals surface area (Å²) >= 11 is 6.18. The minimum atomic E-state index is -4.15. The van der Waals surface area contributed by atoms with Gasteiger partial charge in [-0.15, -0.1) is 0 Å². The van der Waals surface area contributed by atoms with E-state index in [0.29, 0.717) is 17.1 Å². The fourth-order valence-electron chi connectivity index (χ4n) is 5.99. The second-order valence-corrected chi connectivity index (χ2v) is 13.9. The van der Waals surface area contributed by atoms with Gasteiger partial charge >= 0.3 is 0 Å². The normalized spacial score (nSPS) is 14.0. The Morgan fingerprint density at radius 3 is 2.09 bits per heavy atom. The van der Waals surface area contributed by atoms with Crippen LogP contribution in [0.3, 0.4) is 0 Å². The molecule has 0 aromatic heterocycles. The number of anilines is 1. The maximum absolute atomic E-state index is 14.7. The average molecular weight is 658 g/mol. The second kappa shape index (κ2) is 15.4. The van der Waals surface area contributed by atoms with Gasteiger partial charge in [-0.2, -0.15) is 0 Å². The molecule has 1 N–H and O–H groups in total. The molecular formula is C37H40ClN3O4S. The summed E-state index contributed by atoms with van der Waals surface area (Å²) in [7, 11) is -4.15. The quantitative estimate of drug-likeness (QED) is 0.171. The van der Waals surface area contributed by atoms with Crippen LogP contribution in [-0.4, -0.2) is 43.8 Å². The van der Waals surface area contributed by atoms with Gasteiger partial charge in [-0.05, 0) is 66.3 Å². The van der Waals surface area contributed by atoms with E-state index in [1.54, 1.807) is 42.5 Å². The van der Waals surface area contributed by atoms with Crippen LogP contribution >= 0.6 is 11.6 Å². The van der Waals surface area contributed by atoms with Gasteiger partial charge in [0.1, 0.15) is 12.6 Å². The number of benzene rings is 4. The summed E-state index contributed by atoms with van der Waals surface area (Å²) in [5.41, 5.74) is 2.89. The van der Waals surface area contributed by atoms with Crippen molar-refractivity contribution in [2.24, 2.45) is 0 Å². The number of para-hydroxylation sites is 1. The third-order valence-corrected chi connectivity index (χ3v) is 10.5. The number of carbonyl (C=O) groups is 2. The molecule has 4 aromatic carbocycles. The highest BCUT2D eigenvalue weighted by Gasteiger charge is 2.36. The molecule has 1 fully saturated rings. The van der Waals surface area contributed by atoms with E-state index in [1.807, 2.05) is 61.5 Å². The Morgan fingerprint density at radius 2 is 1.43 bits per heavy atom. The van der Waals surface area contributed by atoms with Crippen molar-refractivity contribution in [3.8, 4) is 0 Å². The Balaban J connectivity index is 1.58. The third kappa shape index (κ3) is 8.17. The molecule has 4 aromatic rings. The lowest BCUT2D eigenvalue weighted by atomic mass is 10.0. The summed E-state index contributed by atoms with van der Waals surface area (Å²) < 4.78 is 29.7. The Morgan fingerprint density at radius 1 is 0.826 bits per heavy atom. The van der Waals surface area contributed by atoms with Crippen molar-refractivity contribution >= 4 is 39.1 Å². The molecule has 5 rings (SSSR count). The van der Waals surface area contributed by atoms with Crippen molar-refractivity contribution in [1.29, 1.82) is 0 Å². The van der Waals surface area contributed by atoms with Crippen molar-refractivity contribution in [3.05, 3.63) is 131 Å². The minimum absolute atomic E-state index is 0.0460. The van der Waals surface area contributed by atoms with Gasteiger partial charge in [0.25, 0.3) is 10.0 Å². The lowest BCUT2D eigenvalue weighted by molar-refractivity contribution is -0.140. The van der Waals surface area contributed by atoms with Gasteiger partial charge in [0, 0.05) is 24.0 Å². The van der Waals surface area contributed by atoms with E-state index in [4.69, 9.17) is 11.6 Å². The Hall–Kier alpha value is -4.14. The molecule has 0 unspecified atom stereocenters. The first kappa shape index (κ1) is 33.2. The predicted octanol–water partition coefficient (Wildman–Crippen LogP) is 6.80. The highest BCUT2D eigenvalue weighted by Crippen LogP contribution is 2.29. The highest BCUT2D eigenvalue weighted by atomic mass is 35.5. The van der Waals surface area contributed by atoms with Crippen molar-refractivity contribution < 1.29 is 18.0 Å². The van der Waals surface area contributed by atoms with Crippen LogP contribution in [0, 0.1) is 0 Å². The molecule has 0 bridgehead atoms. The first-order chi connectivity index (χ1) is 22.3. The fourth-order valence-corrected chi connectivity index (χ4v) is 7.59. The van der Waals surface area contributed by atoms with E-state index in [-0.39, 0.29) is 29.8 Å². The van der Waals surface area contributed by atoms with Crippen LogP contribution in [0.2, 0.25) is 5.02 Å². The van der Waals surface area contributed by atoms with Crippen LogP contribution in [0.5, 0.6) is 0 Å². The van der Waals surface area contributed by atoms with Gasteiger partial charge in [-0.25, -0.2) is 8.42 Å². The molecule has 0 aliphatic heterocycles. The number of carbonyl (C=O) groups excluding carboxylic acids is 2. The third-order valence-electron chi connectivity index (χ3n) is 8.49. The number of hydrogen-bond donors (Lipinski definition) is 1. The summed E-state index contributed by atoms with van der Waals surface area (Å²) in [5, 5.41) is 3.76. The van der Waals surface area contributed by atoms with Crippen molar-refractivity contribution in [2.45, 2.75) is 69.0 Å². The maximum atomic E-state index is 14.7. The molecule has 0 heterocycles. The molecule has 1 aliphatic rings. The molecule has 240 valence electrons. The number of sulfonamides is 1. The number of rotatable bonds is 13. The molecular weight excluding hydrogens is 618 g/mol. The van der Waals surface area contributed by atoms with Crippen molar-refractivity contribution in [3.63, 3.8) is 0 Å². The number of aryl methyl sites for hydroxylation is 1. The number of nitrogens with zero attached hydrogens (tertiary/aromatic N) is 2. The van der Waals surface area contributed by atoms with E-state index in [1.165, 1.54) is 21.3 Å². The van der Waals surface area contributed by atoms with Crippen molar-refractivity contribution in [1.82, 2.24) is 10.2 Å². The first-order valence-electron chi connectivity index (χ1n) is 15.8. The monoisotopic (exact) mass is 657 g/mol. The topological polar surface area (TPSA) is 86.8 Å². The summed E-state index contributed by atoms with van der Waals surface area (Å²) in [5.74, 6) is -0.729. The summed E-state index contributed by atoms with van der Waals surface area (Å²) in [6, 6.07) is 31.2. The van der Waals surface area contributed by atoms with Gasteiger partial charge in [0.15, 0.2) is 0 Å². The molecule has 7 nitrogen and oxygen atoms in total. The van der Waals surface area contributed by atoms with Crippen LogP contribution in [-0.2, 0) is 39.0 Å². The summed E-state index contributed by atoms with van der Waals surface area (Å²) in [6.07, 6.45) is 4.73. The zero-order valence-electron chi connectivity index (χ0n) is 26.0. The summed E-state index contributed by atoms with van der Waals surface area (Å²) in [4.78, 5) is 30.4. The Labute approximate surface area is 277 Å². The smallest absolute Gasteiger partial charge is 0.264 e. The fraction of sp³-hybridized carbons (Fsp3) is 0.297. The molecule has 0 saturated heterocycles. The second-order valence-electron chi connectivity index (χ2n) is 11.7. The lowest BCUT2D eigenvalue weighted by Gasteiger charge is -2.34. The van der Waals surface area contributed by atoms with E-state index < -0.39 is 28.5 Å². The van der Waals surface area contributed by atoms with Crippen LogP contribution < -0.4 is 9.62 Å². The SMILES string of the molecule is CCc1ccccc1N(CC(=O)N(Cc1ccc(Cl)cc1)[C@@H](Cc1ccccc1)C(=O)NC1CCCC1)S(=O)(=O)c1ccccc1.